The number of ether oxygens (including phenoxy) is 1. The van der Waals surface area contributed by atoms with Crippen molar-refractivity contribution >= 4 is 67.2 Å². The van der Waals surface area contributed by atoms with Crippen molar-refractivity contribution in [3.8, 4) is 5.75 Å². The van der Waals surface area contributed by atoms with Crippen molar-refractivity contribution in [3.05, 3.63) is 53.4 Å². The standard InChI is InChI=1S/C34H43ClN10O3S/c1-5-21-16-28(30(48-3)17-29(21)44-14-10-22(11-15-44)45-20-23-6-7-24(45)19-43(23)2)40-34-38-18-25(35)33(41-34)39-27-9-8-26-31(37-13-12-36-26)32(27)42-49(4,46)47/h8-9,12-13,16-18,22-24,42H,5-7,10-11,14-15,19-20H2,1-4H3,(H2,38,39,40,41). The third-order valence-electron chi connectivity index (χ3n) is 10.1. The van der Waals surface area contributed by atoms with Gasteiger partial charge in [-0.3, -0.25) is 19.6 Å². The Morgan fingerprint density at radius 3 is 2.43 bits per heavy atom. The number of aromatic nitrogens is 4. The molecular weight excluding hydrogens is 664 g/mol. The Morgan fingerprint density at radius 1 is 0.959 bits per heavy atom. The average molecular weight is 707 g/mol. The number of nitrogens with zero attached hydrogens (tertiary/aromatic N) is 7. The van der Waals surface area contributed by atoms with E-state index in [2.05, 4.69) is 76.1 Å². The molecule has 4 fully saturated rings. The van der Waals surface area contributed by atoms with Crippen LogP contribution in [0.15, 0.2) is 42.9 Å². The number of nitrogens with one attached hydrogen (secondary N) is 3. The summed E-state index contributed by atoms with van der Waals surface area (Å²) in [6.45, 7) is 6.61. The van der Waals surface area contributed by atoms with E-state index in [0.29, 0.717) is 46.5 Å². The van der Waals surface area contributed by atoms with Crippen LogP contribution in [0.4, 0.5) is 34.5 Å². The topological polar surface area (TPSA) is 141 Å². The van der Waals surface area contributed by atoms with E-state index in [4.69, 9.17) is 16.3 Å². The number of sulfonamides is 1. The summed E-state index contributed by atoms with van der Waals surface area (Å²) in [7, 11) is 0.309. The van der Waals surface area contributed by atoms with Crippen LogP contribution in [0.2, 0.25) is 5.02 Å². The quantitative estimate of drug-likeness (QED) is 0.198. The fourth-order valence-electron chi connectivity index (χ4n) is 7.61. The first-order valence-corrected chi connectivity index (χ1v) is 19.1. The van der Waals surface area contributed by atoms with Gasteiger partial charge in [-0.1, -0.05) is 18.5 Å². The van der Waals surface area contributed by atoms with Gasteiger partial charge in [0.25, 0.3) is 0 Å². The number of hydrogen-bond donors (Lipinski definition) is 3. The van der Waals surface area contributed by atoms with Crippen molar-refractivity contribution < 1.29 is 13.2 Å². The van der Waals surface area contributed by atoms with Crippen molar-refractivity contribution in [2.75, 3.05) is 66.8 Å². The van der Waals surface area contributed by atoms with Crippen LogP contribution in [0.3, 0.4) is 0 Å². The number of rotatable bonds is 10. The molecule has 0 spiro atoms. The molecule has 4 saturated heterocycles. The summed E-state index contributed by atoms with van der Waals surface area (Å²) in [5.74, 6) is 1.26. The highest BCUT2D eigenvalue weighted by Crippen LogP contribution is 2.39. The molecule has 0 radical (unpaired) electrons. The molecule has 4 aromatic rings. The van der Waals surface area contributed by atoms with Crippen LogP contribution in [0.1, 0.15) is 38.2 Å². The summed E-state index contributed by atoms with van der Waals surface area (Å²) in [6.07, 6.45) is 11.5. The molecule has 15 heteroatoms. The minimum Gasteiger partial charge on any atom is -0.494 e. The second kappa shape index (κ2) is 13.7. The van der Waals surface area contributed by atoms with Crippen LogP contribution in [-0.4, -0.2) is 103 Å². The van der Waals surface area contributed by atoms with Crippen LogP contribution in [0, 0.1) is 0 Å². The second-order valence-electron chi connectivity index (χ2n) is 13.2. The molecule has 2 atom stereocenters. The molecule has 13 nitrogen and oxygen atoms in total. The Labute approximate surface area is 292 Å². The largest absolute Gasteiger partial charge is 0.494 e. The monoisotopic (exact) mass is 706 g/mol. The number of piperidine rings is 3. The van der Waals surface area contributed by atoms with Crippen molar-refractivity contribution in [2.45, 2.75) is 57.2 Å². The van der Waals surface area contributed by atoms with E-state index in [1.54, 1.807) is 25.4 Å². The Hall–Kier alpha value is -3.98. The lowest BCUT2D eigenvalue weighted by Crippen LogP contribution is -2.64. The number of halogens is 1. The highest BCUT2D eigenvalue weighted by atomic mass is 35.5. The fourth-order valence-corrected chi connectivity index (χ4v) is 8.32. The first-order chi connectivity index (χ1) is 23.6. The number of aryl methyl sites for hydroxylation is 1. The molecule has 6 heterocycles. The van der Waals surface area contributed by atoms with E-state index in [0.717, 1.165) is 44.3 Å². The number of benzene rings is 2. The van der Waals surface area contributed by atoms with Gasteiger partial charge in [-0.15, -0.1) is 0 Å². The zero-order valence-corrected chi connectivity index (χ0v) is 29.9. The van der Waals surface area contributed by atoms with Gasteiger partial charge in [0, 0.05) is 68.5 Å². The van der Waals surface area contributed by atoms with Crippen molar-refractivity contribution in [1.29, 1.82) is 0 Å². The lowest BCUT2D eigenvalue weighted by atomic mass is 9.88. The van der Waals surface area contributed by atoms with Gasteiger partial charge < -0.3 is 25.2 Å². The highest BCUT2D eigenvalue weighted by Gasteiger charge is 2.41. The Kier molecular flexibility index (Phi) is 9.39. The number of fused-ring (bicyclic) bond motifs is 4. The molecule has 4 aliphatic rings. The summed E-state index contributed by atoms with van der Waals surface area (Å²) in [6, 6.07) is 9.72. The lowest BCUT2D eigenvalue weighted by molar-refractivity contribution is -0.0360. The second-order valence-corrected chi connectivity index (χ2v) is 15.4. The Balaban J connectivity index is 1.10. The summed E-state index contributed by atoms with van der Waals surface area (Å²) < 4.78 is 33.0. The summed E-state index contributed by atoms with van der Waals surface area (Å²) in [4.78, 5) is 25.6. The van der Waals surface area contributed by atoms with E-state index in [1.807, 2.05) is 0 Å². The Bertz CT molecular complexity index is 1960. The van der Waals surface area contributed by atoms with Gasteiger partial charge in [0.15, 0.2) is 5.82 Å². The minimum absolute atomic E-state index is 0.238. The van der Waals surface area contributed by atoms with Gasteiger partial charge in [0.1, 0.15) is 16.3 Å². The molecule has 0 amide bonds. The first-order valence-electron chi connectivity index (χ1n) is 16.8. The van der Waals surface area contributed by atoms with Crippen molar-refractivity contribution in [3.63, 3.8) is 0 Å². The number of piperazine rings is 1. The molecule has 260 valence electrons. The third-order valence-corrected chi connectivity index (χ3v) is 10.9. The molecule has 0 aliphatic carbocycles. The number of hydrogen-bond acceptors (Lipinski definition) is 12. The van der Waals surface area contributed by atoms with Crippen molar-refractivity contribution in [2.24, 2.45) is 0 Å². The smallest absolute Gasteiger partial charge is 0.229 e. The average Bonchev–Trinajstić information content (AvgIpc) is 3.10. The molecule has 2 aromatic heterocycles. The number of methoxy groups -OCH3 is 1. The van der Waals surface area contributed by atoms with Crippen LogP contribution >= 0.6 is 11.6 Å². The normalized spacial score (nSPS) is 20.5. The number of anilines is 6. The van der Waals surface area contributed by atoms with Gasteiger partial charge in [-0.2, -0.15) is 4.98 Å². The maximum Gasteiger partial charge on any atom is 0.229 e. The van der Waals surface area contributed by atoms with Gasteiger partial charge in [0.2, 0.25) is 16.0 Å². The van der Waals surface area contributed by atoms with Gasteiger partial charge >= 0.3 is 0 Å². The molecule has 0 saturated carbocycles. The van der Waals surface area contributed by atoms with Crippen LogP contribution in [-0.2, 0) is 16.4 Å². The first kappa shape index (κ1) is 33.5. The maximum absolute atomic E-state index is 12.3. The zero-order valence-electron chi connectivity index (χ0n) is 28.3. The highest BCUT2D eigenvalue weighted by molar-refractivity contribution is 7.92. The maximum atomic E-state index is 12.3. The molecule has 2 aromatic carbocycles. The van der Waals surface area contributed by atoms with E-state index in [-0.39, 0.29) is 16.5 Å². The van der Waals surface area contributed by atoms with Crippen LogP contribution in [0.5, 0.6) is 5.75 Å². The zero-order chi connectivity index (χ0) is 34.3. The summed E-state index contributed by atoms with van der Waals surface area (Å²) in [5, 5.41) is 6.74. The van der Waals surface area contributed by atoms with E-state index in [9.17, 15) is 8.42 Å². The summed E-state index contributed by atoms with van der Waals surface area (Å²) >= 11 is 6.53. The predicted molar refractivity (Wildman–Crippen MR) is 195 cm³/mol. The molecule has 4 aliphatic heterocycles. The third kappa shape index (κ3) is 7.05. The summed E-state index contributed by atoms with van der Waals surface area (Å²) in [5.41, 5.74) is 4.71. The molecule has 2 bridgehead atoms. The molecular formula is C34H43ClN10O3S. The Morgan fingerprint density at radius 2 is 1.73 bits per heavy atom. The molecule has 2 unspecified atom stereocenters. The van der Waals surface area contributed by atoms with Crippen LogP contribution < -0.4 is 25.0 Å². The van der Waals surface area contributed by atoms with Crippen LogP contribution in [0.25, 0.3) is 11.0 Å². The van der Waals surface area contributed by atoms with Gasteiger partial charge in [0.05, 0.1) is 42.1 Å². The van der Waals surface area contributed by atoms with Gasteiger partial charge in [-0.25, -0.2) is 13.4 Å². The SMILES string of the molecule is CCc1cc(Nc2ncc(Cl)c(Nc3ccc4nccnc4c3NS(C)(=O)=O)n2)c(OC)cc1N1CCC(N2CC3CCC2CN3C)CC1. The van der Waals surface area contributed by atoms with Gasteiger partial charge in [-0.05, 0) is 62.9 Å². The predicted octanol–water partition coefficient (Wildman–Crippen LogP) is 5.25. The lowest BCUT2D eigenvalue weighted by Gasteiger charge is -2.54. The van der Waals surface area contributed by atoms with Crippen molar-refractivity contribution in [1.82, 2.24) is 29.7 Å². The minimum atomic E-state index is -3.64. The molecule has 3 N–H and O–H groups in total. The number of likely N-dealkylation sites (N-methyl/N-ethyl adjacent to an activating group) is 1. The van der Waals surface area contributed by atoms with E-state index < -0.39 is 10.0 Å². The fraction of sp³-hybridized carbons (Fsp3) is 0.471. The van der Waals surface area contributed by atoms with E-state index >= 15 is 0 Å². The van der Waals surface area contributed by atoms with E-state index in [1.165, 1.54) is 49.6 Å². The molecule has 8 rings (SSSR count). The molecule has 49 heavy (non-hydrogen) atoms.